The predicted molar refractivity (Wildman–Crippen MR) is 77.3 cm³/mol. The van der Waals surface area contributed by atoms with Crippen LogP contribution in [-0.2, 0) is 6.54 Å². The van der Waals surface area contributed by atoms with E-state index in [-0.39, 0.29) is 0 Å². The summed E-state index contributed by atoms with van der Waals surface area (Å²) in [5.41, 5.74) is 0.526. The van der Waals surface area contributed by atoms with Crippen molar-refractivity contribution in [3.63, 3.8) is 0 Å². The summed E-state index contributed by atoms with van der Waals surface area (Å²) in [5, 5.41) is 12.9. The Bertz CT molecular complexity index is 392. The highest BCUT2D eigenvalue weighted by Gasteiger charge is 2.16. The van der Waals surface area contributed by atoms with E-state index in [1.54, 1.807) is 13.8 Å². The van der Waals surface area contributed by atoms with Gasteiger partial charge in [-0.05, 0) is 57.2 Å². The van der Waals surface area contributed by atoms with Crippen LogP contribution in [0.2, 0.25) is 0 Å². The molecule has 106 valence electrons. The summed E-state index contributed by atoms with van der Waals surface area (Å²) in [5.74, 6) is 0.967. The summed E-state index contributed by atoms with van der Waals surface area (Å²) < 4.78 is 5.99. The van der Waals surface area contributed by atoms with Crippen molar-refractivity contribution in [1.29, 1.82) is 0 Å². The van der Waals surface area contributed by atoms with Gasteiger partial charge in [0.15, 0.2) is 0 Å². The highest BCUT2D eigenvalue weighted by Crippen LogP contribution is 2.24. The first-order valence-corrected chi connectivity index (χ1v) is 7.22. The van der Waals surface area contributed by atoms with E-state index in [1.807, 2.05) is 12.1 Å². The Morgan fingerprint density at radius 1 is 1.32 bits per heavy atom. The normalized spacial score (nSPS) is 16.8. The Morgan fingerprint density at radius 3 is 2.74 bits per heavy atom. The second kappa shape index (κ2) is 6.40. The lowest BCUT2D eigenvalue weighted by Gasteiger charge is -2.18. The Hall–Kier alpha value is -1.06. The highest BCUT2D eigenvalue weighted by molar-refractivity contribution is 5.28. The van der Waals surface area contributed by atoms with Gasteiger partial charge in [0.05, 0.1) is 11.7 Å². The van der Waals surface area contributed by atoms with E-state index in [4.69, 9.17) is 4.74 Å². The molecule has 1 aliphatic carbocycles. The quantitative estimate of drug-likeness (QED) is 0.829. The van der Waals surface area contributed by atoms with Crippen molar-refractivity contribution in [2.24, 2.45) is 0 Å². The number of hydrogen-bond acceptors (Lipinski definition) is 3. The zero-order valence-electron chi connectivity index (χ0n) is 12.0. The van der Waals surface area contributed by atoms with Crippen LogP contribution in [0.25, 0.3) is 0 Å². The molecule has 3 nitrogen and oxygen atoms in total. The topological polar surface area (TPSA) is 41.5 Å². The van der Waals surface area contributed by atoms with E-state index in [0.29, 0.717) is 12.6 Å². The molecule has 1 saturated carbocycles. The van der Waals surface area contributed by atoms with Gasteiger partial charge in [-0.25, -0.2) is 0 Å². The van der Waals surface area contributed by atoms with Gasteiger partial charge in [-0.15, -0.1) is 0 Å². The monoisotopic (exact) mass is 263 g/mol. The van der Waals surface area contributed by atoms with Gasteiger partial charge in [-0.1, -0.05) is 12.1 Å². The molecule has 0 aromatic heterocycles. The number of benzene rings is 1. The molecule has 0 bridgehead atoms. The third kappa shape index (κ3) is 5.21. The lowest BCUT2D eigenvalue weighted by Crippen LogP contribution is -2.34. The van der Waals surface area contributed by atoms with Crippen LogP contribution in [0.15, 0.2) is 24.3 Å². The third-order valence-electron chi connectivity index (χ3n) is 3.39. The van der Waals surface area contributed by atoms with Gasteiger partial charge in [0.1, 0.15) is 5.75 Å². The van der Waals surface area contributed by atoms with Gasteiger partial charge in [-0.2, -0.15) is 0 Å². The van der Waals surface area contributed by atoms with Crippen molar-refractivity contribution < 1.29 is 9.84 Å². The number of ether oxygens (including phenoxy) is 1. The van der Waals surface area contributed by atoms with Gasteiger partial charge in [0.25, 0.3) is 0 Å². The molecule has 2 rings (SSSR count). The van der Waals surface area contributed by atoms with Crippen molar-refractivity contribution in [2.75, 3.05) is 6.54 Å². The Kier molecular flexibility index (Phi) is 4.83. The summed E-state index contributed by atoms with van der Waals surface area (Å²) in [7, 11) is 0. The molecular weight excluding hydrogens is 238 g/mol. The van der Waals surface area contributed by atoms with Crippen LogP contribution in [-0.4, -0.2) is 23.4 Å². The lowest BCUT2D eigenvalue weighted by atomic mass is 10.1. The molecule has 0 aliphatic heterocycles. The molecule has 0 atom stereocenters. The average Bonchev–Trinajstić information content (AvgIpc) is 2.80. The first-order valence-electron chi connectivity index (χ1n) is 7.22. The van der Waals surface area contributed by atoms with Crippen LogP contribution < -0.4 is 10.1 Å². The fraction of sp³-hybridized carbons (Fsp3) is 0.625. The third-order valence-corrected chi connectivity index (χ3v) is 3.39. The molecular formula is C16H25NO2. The largest absolute Gasteiger partial charge is 0.490 e. The number of rotatable bonds is 6. The molecule has 0 amide bonds. The molecule has 1 aliphatic rings. The minimum absolute atomic E-state index is 0.402. The maximum atomic E-state index is 9.65. The maximum Gasteiger partial charge on any atom is 0.120 e. The van der Waals surface area contributed by atoms with Gasteiger partial charge in [0.2, 0.25) is 0 Å². The molecule has 1 aromatic carbocycles. The van der Waals surface area contributed by atoms with Crippen LogP contribution in [0, 0.1) is 0 Å². The van der Waals surface area contributed by atoms with E-state index in [1.165, 1.54) is 31.2 Å². The summed E-state index contributed by atoms with van der Waals surface area (Å²) in [6.45, 7) is 4.95. The van der Waals surface area contributed by atoms with Crippen LogP contribution >= 0.6 is 0 Å². The first kappa shape index (κ1) is 14.4. The zero-order valence-corrected chi connectivity index (χ0v) is 12.0. The van der Waals surface area contributed by atoms with Crippen LogP contribution in [0.4, 0.5) is 0 Å². The first-order chi connectivity index (χ1) is 9.03. The zero-order chi connectivity index (χ0) is 13.7. The van der Waals surface area contributed by atoms with E-state index < -0.39 is 5.60 Å². The van der Waals surface area contributed by atoms with Crippen molar-refractivity contribution in [1.82, 2.24) is 5.32 Å². The summed E-state index contributed by atoms with van der Waals surface area (Å²) >= 11 is 0. The minimum atomic E-state index is -0.669. The molecule has 0 spiro atoms. The van der Waals surface area contributed by atoms with E-state index in [0.717, 1.165) is 12.3 Å². The van der Waals surface area contributed by atoms with Crippen LogP contribution in [0.3, 0.4) is 0 Å². The molecule has 0 radical (unpaired) electrons. The Morgan fingerprint density at radius 2 is 2.05 bits per heavy atom. The van der Waals surface area contributed by atoms with Gasteiger partial charge in [0, 0.05) is 13.1 Å². The van der Waals surface area contributed by atoms with E-state index in [2.05, 4.69) is 17.4 Å². The second-order valence-corrected chi connectivity index (χ2v) is 6.09. The van der Waals surface area contributed by atoms with Gasteiger partial charge >= 0.3 is 0 Å². The predicted octanol–water partition coefficient (Wildman–Crippen LogP) is 2.87. The Balaban J connectivity index is 1.84. The van der Waals surface area contributed by atoms with Crippen LogP contribution in [0.1, 0.15) is 45.1 Å². The van der Waals surface area contributed by atoms with Crippen molar-refractivity contribution in [2.45, 2.75) is 57.8 Å². The second-order valence-electron chi connectivity index (χ2n) is 6.09. The van der Waals surface area contributed by atoms with Crippen molar-refractivity contribution in [3.05, 3.63) is 29.8 Å². The average molecular weight is 263 g/mol. The minimum Gasteiger partial charge on any atom is -0.490 e. The fourth-order valence-corrected chi connectivity index (χ4v) is 2.44. The molecule has 1 fully saturated rings. The molecule has 1 aromatic rings. The molecule has 2 N–H and O–H groups in total. The van der Waals surface area contributed by atoms with Crippen molar-refractivity contribution >= 4 is 0 Å². The molecule has 0 unspecified atom stereocenters. The summed E-state index contributed by atoms with van der Waals surface area (Å²) in [6.07, 6.45) is 5.34. The molecule has 0 saturated heterocycles. The maximum absolute atomic E-state index is 9.65. The number of hydrogen-bond donors (Lipinski definition) is 2. The summed E-state index contributed by atoms with van der Waals surface area (Å²) in [4.78, 5) is 0. The highest BCUT2D eigenvalue weighted by atomic mass is 16.5. The van der Waals surface area contributed by atoms with Gasteiger partial charge in [-0.3, -0.25) is 0 Å². The Labute approximate surface area is 116 Å². The standard InChI is InChI=1S/C16H25NO2/c1-16(2,18)12-17-11-13-6-5-9-15(10-13)19-14-7-3-4-8-14/h5-6,9-10,14,17-18H,3-4,7-8,11-12H2,1-2H3. The van der Waals surface area contributed by atoms with Gasteiger partial charge < -0.3 is 15.2 Å². The van der Waals surface area contributed by atoms with Crippen molar-refractivity contribution in [3.8, 4) is 5.75 Å². The fourth-order valence-electron chi connectivity index (χ4n) is 2.44. The van der Waals surface area contributed by atoms with E-state index >= 15 is 0 Å². The molecule has 0 heterocycles. The van der Waals surface area contributed by atoms with E-state index in [9.17, 15) is 5.11 Å². The number of nitrogens with one attached hydrogen (secondary N) is 1. The SMILES string of the molecule is CC(C)(O)CNCc1cccc(OC2CCCC2)c1. The summed E-state index contributed by atoms with van der Waals surface area (Å²) in [6, 6.07) is 8.23. The lowest BCUT2D eigenvalue weighted by molar-refractivity contribution is 0.0795. The number of aliphatic hydroxyl groups is 1. The molecule has 19 heavy (non-hydrogen) atoms. The van der Waals surface area contributed by atoms with Crippen LogP contribution in [0.5, 0.6) is 5.75 Å². The molecule has 3 heteroatoms. The smallest absolute Gasteiger partial charge is 0.120 e.